The number of aromatic nitrogens is 1. The maximum atomic E-state index is 13.2. The molecule has 1 aromatic heterocycles. The highest BCUT2D eigenvalue weighted by Gasteiger charge is 2.27. The third kappa shape index (κ3) is 5.52. The molecule has 0 saturated heterocycles. The van der Waals surface area contributed by atoms with Crippen molar-refractivity contribution in [1.29, 1.82) is 0 Å². The molecule has 4 aromatic rings. The molecule has 0 bridgehead atoms. The summed E-state index contributed by atoms with van der Waals surface area (Å²) >= 11 is 3.47. The van der Waals surface area contributed by atoms with Crippen molar-refractivity contribution in [2.75, 3.05) is 5.32 Å². The summed E-state index contributed by atoms with van der Waals surface area (Å²) in [6.07, 6.45) is 0.209. The smallest absolute Gasteiger partial charge is 0.244 e. The highest BCUT2D eigenvalue weighted by molar-refractivity contribution is 14.1. The van der Waals surface area contributed by atoms with Crippen LogP contribution in [-0.4, -0.2) is 25.4 Å². The van der Waals surface area contributed by atoms with Crippen LogP contribution in [0.2, 0.25) is 0 Å². The first kappa shape index (κ1) is 22.8. The van der Waals surface area contributed by atoms with E-state index in [1.165, 1.54) is 23.5 Å². The summed E-state index contributed by atoms with van der Waals surface area (Å²) in [7, 11) is -3.90. The average molecular weight is 577 g/mol. The predicted molar refractivity (Wildman–Crippen MR) is 136 cm³/mol. The van der Waals surface area contributed by atoms with Gasteiger partial charge >= 0.3 is 0 Å². The van der Waals surface area contributed by atoms with Gasteiger partial charge in [-0.25, -0.2) is 13.4 Å². The minimum Gasteiger partial charge on any atom is -0.301 e. The number of amides is 1. The molecule has 9 heteroatoms. The Hall–Kier alpha value is -2.34. The number of halogens is 1. The van der Waals surface area contributed by atoms with Crippen LogP contribution in [0.1, 0.15) is 11.1 Å². The molecule has 0 fully saturated rings. The van der Waals surface area contributed by atoms with E-state index in [1.54, 1.807) is 12.1 Å². The van der Waals surface area contributed by atoms with Crippen molar-refractivity contribution in [3.8, 4) is 0 Å². The molecular weight excluding hydrogens is 557 g/mol. The molecule has 32 heavy (non-hydrogen) atoms. The second-order valence-corrected chi connectivity index (χ2v) is 11.3. The van der Waals surface area contributed by atoms with E-state index < -0.39 is 22.0 Å². The summed E-state index contributed by atoms with van der Waals surface area (Å²) in [5.74, 6) is -0.460. The van der Waals surface area contributed by atoms with Gasteiger partial charge in [0.05, 0.1) is 15.1 Å². The summed E-state index contributed by atoms with van der Waals surface area (Å²) in [6, 6.07) is 20.6. The Morgan fingerprint density at radius 3 is 2.50 bits per heavy atom. The van der Waals surface area contributed by atoms with Crippen LogP contribution in [0.4, 0.5) is 5.13 Å². The number of carbonyl (C=O) groups excluding carboxylic acids is 1. The van der Waals surface area contributed by atoms with Crippen molar-refractivity contribution in [1.82, 2.24) is 9.71 Å². The number of carbonyl (C=O) groups is 1. The van der Waals surface area contributed by atoms with Gasteiger partial charge in [-0.05, 0) is 83.5 Å². The second-order valence-electron chi connectivity index (χ2n) is 7.30. The van der Waals surface area contributed by atoms with Gasteiger partial charge in [0, 0.05) is 3.57 Å². The standard InChI is InChI=1S/C23H20IN3O3S2/c1-15-7-12-19-21(13-15)31-23(25-19)26-22(28)20(14-16-5-3-2-4-6-16)27-32(29,30)18-10-8-17(24)9-11-18/h2-13,20,27H,14H2,1H3,(H,25,26,28)/t20-/m1/s1. The summed E-state index contributed by atoms with van der Waals surface area (Å²) in [5, 5.41) is 3.23. The molecule has 0 aliphatic rings. The highest BCUT2D eigenvalue weighted by atomic mass is 127. The molecule has 0 unspecified atom stereocenters. The van der Waals surface area contributed by atoms with Gasteiger partial charge < -0.3 is 5.32 Å². The lowest BCUT2D eigenvalue weighted by Crippen LogP contribution is -2.45. The fourth-order valence-corrected chi connectivity index (χ4v) is 5.71. The number of benzene rings is 3. The zero-order valence-corrected chi connectivity index (χ0v) is 20.9. The lowest BCUT2D eigenvalue weighted by Gasteiger charge is -2.18. The molecule has 1 heterocycles. The lowest BCUT2D eigenvalue weighted by molar-refractivity contribution is -0.117. The maximum absolute atomic E-state index is 13.2. The molecule has 0 radical (unpaired) electrons. The van der Waals surface area contributed by atoms with Crippen LogP contribution >= 0.6 is 33.9 Å². The SMILES string of the molecule is Cc1ccc2nc(NC(=O)[C@@H](Cc3ccccc3)NS(=O)(=O)c3ccc(I)cc3)sc2c1. The molecule has 0 aliphatic carbocycles. The summed E-state index contributed by atoms with van der Waals surface area (Å²) in [4.78, 5) is 17.7. The first-order chi connectivity index (χ1) is 15.3. The van der Waals surface area contributed by atoms with Gasteiger partial charge in [-0.15, -0.1) is 0 Å². The monoisotopic (exact) mass is 577 g/mol. The Morgan fingerprint density at radius 2 is 1.78 bits per heavy atom. The van der Waals surface area contributed by atoms with Crippen LogP contribution in [-0.2, 0) is 21.2 Å². The van der Waals surface area contributed by atoms with Gasteiger partial charge in [0.2, 0.25) is 15.9 Å². The topological polar surface area (TPSA) is 88.2 Å². The molecular formula is C23H20IN3O3S2. The number of thiazole rings is 1. The Labute approximate surface area is 204 Å². The molecule has 0 saturated carbocycles. The van der Waals surface area contributed by atoms with E-state index in [1.807, 2.05) is 55.5 Å². The van der Waals surface area contributed by atoms with Gasteiger partial charge in [0.1, 0.15) is 6.04 Å². The Kier molecular flexibility index (Phi) is 6.89. The number of hydrogen-bond donors (Lipinski definition) is 2. The average Bonchev–Trinajstić information content (AvgIpc) is 3.15. The van der Waals surface area contributed by atoms with Crippen molar-refractivity contribution in [2.24, 2.45) is 0 Å². The molecule has 0 aliphatic heterocycles. The van der Waals surface area contributed by atoms with Crippen LogP contribution < -0.4 is 10.0 Å². The number of nitrogens with zero attached hydrogens (tertiary/aromatic N) is 1. The number of nitrogens with one attached hydrogen (secondary N) is 2. The minimum absolute atomic E-state index is 0.110. The molecule has 0 spiro atoms. The van der Waals surface area contributed by atoms with Crippen molar-refractivity contribution >= 4 is 65.2 Å². The molecule has 1 amide bonds. The van der Waals surface area contributed by atoms with Gasteiger partial charge in [0.15, 0.2) is 5.13 Å². The van der Waals surface area contributed by atoms with E-state index in [9.17, 15) is 13.2 Å². The van der Waals surface area contributed by atoms with E-state index in [-0.39, 0.29) is 11.3 Å². The third-order valence-electron chi connectivity index (χ3n) is 4.79. The zero-order valence-electron chi connectivity index (χ0n) is 17.1. The number of anilines is 1. The van der Waals surface area contributed by atoms with Crippen molar-refractivity contribution in [3.63, 3.8) is 0 Å². The second kappa shape index (κ2) is 9.65. The van der Waals surface area contributed by atoms with E-state index in [0.717, 1.165) is 24.9 Å². The van der Waals surface area contributed by atoms with Crippen LogP contribution in [0.25, 0.3) is 10.2 Å². The van der Waals surface area contributed by atoms with Gasteiger partial charge in [-0.1, -0.05) is 47.7 Å². The largest absolute Gasteiger partial charge is 0.301 e. The maximum Gasteiger partial charge on any atom is 0.244 e. The van der Waals surface area contributed by atoms with Gasteiger partial charge in [0.25, 0.3) is 0 Å². The third-order valence-corrected chi connectivity index (χ3v) is 7.93. The first-order valence-electron chi connectivity index (χ1n) is 9.80. The molecule has 3 aromatic carbocycles. The molecule has 2 N–H and O–H groups in total. The number of hydrogen-bond acceptors (Lipinski definition) is 5. The Morgan fingerprint density at radius 1 is 1.06 bits per heavy atom. The van der Waals surface area contributed by atoms with Crippen LogP contribution in [0, 0.1) is 10.5 Å². The van der Waals surface area contributed by atoms with Crippen LogP contribution in [0.3, 0.4) is 0 Å². The highest BCUT2D eigenvalue weighted by Crippen LogP contribution is 2.27. The first-order valence-corrected chi connectivity index (χ1v) is 13.2. The van der Waals surface area contributed by atoms with Gasteiger partial charge in [-0.2, -0.15) is 4.72 Å². The Balaban J connectivity index is 1.60. The van der Waals surface area contributed by atoms with E-state index in [4.69, 9.17) is 0 Å². The van der Waals surface area contributed by atoms with Gasteiger partial charge in [-0.3, -0.25) is 4.79 Å². The number of rotatable bonds is 7. The Bertz CT molecular complexity index is 1350. The fraction of sp³-hybridized carbons (Fsp3) is 0.130. The summed E-state index contributed by atoms with van der Waals surface area (Å²) < 4.78 is 30.4. The van der Waals surface area contributed by atoms with E-state index in [2.05, 4.69) is 37.6 Å². The normalized spacial score (nSPS) is 12.6. The minimum atomic E-state index is -3.90. The molecule has 1 atom stereocenters. The summed E-state index contributed by atoms with van der Waals surface area (Å²) in [5.41, 5.74) is 2.74. The van der Waals surface area contributed by atoms with E-state index in [0.29, 0.717) is 5.13 Å². The predicted octanol–water partition coefficient (Wildman–Crippen LogP) is 4.74. The summed E-state index contributed by atoms with van der Waals surface area (Å²) in [6.45, 7) is 1.99. The van der Waals surface area contributed by atoms with Crippen LogP contribution in [0.5, 0.6) is 0 Å². The molecule has 164 valence electrons. The molecule has 6 nitrogen and oxygen atoms in total. The van der Waals surface area contributed by atoms with Crippen LogP contribution in [0.15, 0.2) is 77.7 Å². The fourth-order valence-electron chi connectivity index (χ4n) is 3.18. The number of sulfonamides is 1. The van der Waals surface area contributed by atoms with Crippen molar-refractivity contribution in [2.45, 2.75) is 24.3 Å². The molecule has 4 rings (SSSR count). The number of fused-ring (bicyclic) bond motifs is 1. The van der Waals surface area contributed by atoms with E-state index >= 15 is 0 Å². The number of aryl methyl sites for hydroxylation is 1. The lowest BCUT2D eigenvalue weighted by atomic mass is 10.1. The quantitative estimate of drug-likeness (QED) is 0.311. The zero-order chi connectivity index (χ0) is 22.7. The van der Waals surface area contributed by atoms with Crippen molar-refractivity contribution in [3.05, 3.63) is 87.5 Å². The van der Waals surface area contributed by atoms with Crippen molar-refractivity contribution < 1.29 is 13.2 Å².